The summed E-state index contributed by atoms with van der Waals surface area (Å²) in [6.07, 6.45) is 8.13. The zero-order chi connectivity index (χ0) is 8.81. The smallest absolute Gasteiger partial charge is 0.123 e. The van der Waals surface area contributed by atoms with Crippen LogP contribution in [0.2, 0.25) is 0 Å². The van der Waals surface area contributed by atoms with Gasteiger partial charge in [-0.2, -0.15) is 0 Å². The third-order valence-corrected chi connectivity index (χ3v) is 1.32. The number of anilines is 1. The quantitative estimate of drug-likeness (QED) is 0.681. The van der Waals surface area contributed by atoms with Crippen molar-refractivity contribution in [3.8, 4) is 0 Å². The van der Waals surface area contributed by atoms with E-state index in [-0.39, 0.29) is 0 Å². The number of nitrogen functional groups attached to an aromatic ring is 1. The second kappa shape index (κ2) is 4.28. The summed E-state index contributed by atoms with van der Waals surface area (Å²) in [5.41, 5.74) is 7.04. The van der Waals surface area contributed by atoms with Crippen molar-refractivity contribution in [2.45, 2.75) is 6.42 Å². The lowest BCUT2D eigenvalue weighted by Crippen LogP contribution is -1.86. The van der Waals surface area contributed by atoms with E-state index in [9.17, 15) is 4.79 Å². The largest absolute Gasteiger partial charge is 0.397 e. The van der Waals surface area contributed by atoms with Crippen LogP contribution in [0, 0.1) is 0 Å². The van der Waals surface area contributed by atoms with Crippen LogP contribution in [0.5, 0.6) is 0 Å². The third kappa shape index (κ3) is 2.54. The predicted molar refractivity (Wildman–Crippen MR) is 48.4 cm³/mol. The SMILES string of the molecule is Nc1cncc(C=CCC=O)c1. The van der Waals surface area contributed by atoms with Gasteiger partial charge in [0.25, 0.3) is 0 Å². The summed E-state index contributed by atoms with van der Waals surface area (Å²) in [5.74, 6) is 0. The van der Waals surface area contributed by atoms with Gasteiger partial charge in [-0.15, -0.1) is 0 Å². The highest BCUT2D eigenvalue weighted by atomic mass is 16.1. The van der Waals surface area contributed by atoms with Gasteiger partial charge in [0.2, 0.25) is 0 Å². The van der Waals surface area contributed by atoms with Gasteiger partial charge < -0.3 is 10.5 Å². The Kier molecular flexibility index (Phi) is 3.02. The molecular weight excluding hydrogens is 152 g/mol. The van der Waals surface area contributed by atoms with Crippen molar-refractivity contribution in [3.05, 3.63) is 30.1 Å². The van der Waals surface area contributed by atoms with E-state index in [1.54, 1.807) is 24.5 Å². The van der Waals surface area contributed by atoms with Gasteiger partial charge in [0.05, 0.1) is 5.69 Å². The van der Waals surface area contributed by atoms with Crippen molar-refractivity contribution in [2.75, 3.05) is 5.73 Å². The number of rotatable bonds is 3. The van der Waals surface area contributed by atoms with Gasteiger partial charge in [0.15, 0.2) is 0 Å². The Bertz CT molecular complexity index is 294. The maximum Gasteiger partial charge on any atom is 0.123 e. The zero-order valence-corrected chi connectivity index (χ0v) is 6.60. The number of allylic oxidation sites excluding steroid dienone is 1. The van der Waals surface area contributed by atoms with E-state index in [4.69, 9.17) is 5.73 Å². The minimum Gasteiger partial charge on any atom is -0.397 e. The summed E-state index contributed by atoms with van der Waals surface area (Å²) in [7, 11) is 0. The van der Waals surface area contributed by atoms with E-state index in [1.807, 2.05) is 6.08 Å². The van der Waals surface area contributed by atoms with E-state index in [0.717, 1.165) is 11.8 Å². The molecule has 0 radical (unpaired) electrons. The van der Waals surface area contributed by atoms with Crippen LogP contribution >= 0.6 is 0 Å². The lowest BCUT2D eigenvalue weighted by atomic mass is 10.2. The molecule has 0 spiro atoms. The fourth-order valence-corrected chi connectivity index (χ4v) is 0.827. The lowest BCUT2D eigenvalue weighted by molar-refractivity contribution is -0.107. The molecule has 0 atom stereocenters. The number of hydrogen-bond donors (Lipinski definition) is 1. The summed E-state index contributed by atoms with van der Waals surface area (Å²) in [6, 6.07) is 1.80. The molecule has 0 saturated heterocycles. The average Bonchev–Trinajstić information content (AvgIpc) is 2.05. The summed E-state index contributed by atoms with van der Waals surface area (Å²) < 4.78 is 0. The van der Waals surface area contributed by atoms with Crippen LogP contribution in [0.3, 0.4) is 0 Å². The summed E-state index contributed by atoms with van der Waals surface area (Å²) in [6.45, 7) is 0. The Morgan fingerprint density at radius 3 is 3.00 bits per heavy atom. The van der Waals surface area contributed by atoms with Crippen molar-refractivity contribution in [2.24, 2.45) is 0 Å². The number of hydrogen-bond acceptors (Lipinski definition) is 3. The highest BCUT2D eigenvalue weighted by Gasteiger charge is 1.87. The maximum atomic E-state index is 9.97. The molecule has 1 aromatic heterocycles. The Hall–Kier alpha value is -1.64. The molecule has 0 saturated carbocycles. The highest BCUT2D eigenvalue weighted by Crippen LogP contribution is 2.05. The van der Waals surface area contributed by atoms with E-state index >= 15 is 0 Å². The van der Waals surface area contributed by atoms with Crippen LogP contribution in [-0.4, -0.2) is 11.3 Å². The van der Waals surface area contributed by atoms with Crippen molar-refractivity contribution in [3.63, 3.8) is 0 Å². The number of carbonyl (C=O) groups is 1. The van der Waals surface area contributed by atoms with E-state index in [2.05, 4.69) is 4.98 Å². The molecule has 1 aromatic rings. The van der Waals surface area contributed by atoms with Gasteiger partial charge >= 0.3 is 0 Å². The molecule has 0 bridgehead atoms. The molecular formula is C9H10N2O. The summed E-state index contributed by atoms with van der Waals surface area (Å²) in [4.78, 5) is 13.9. The molecule has 0 aliphatic carbocycles. The number of nitrogens with zero attached hydrogens (tertiary/aromatic N) is 1. The molecule has 0 fully saturated rings. The molecule has 0 aliphatic heterocycles. The van der Waals surface area contributed by atoms with Gasteiger partial charge in [-0.1, -0.05) is 12.2 Å². The standard InChI is InChI=1S/C9H10N2O/c10-9-5-8(6-11-7-9)3-1-2-4-12/h1,3-7H,2,10H2. The molecule has 0 aromatic carbocycles. The molecule has 3 nitrogen and oxygen atoms in total. The van der Waals surface area contributed by atoms with Crippen LogP contribution in [0.15, 0.2) is 24.5 Å². The van der Waals surface area contributed by atoms with Crippen molar-refractivity contribution >= 4 is 18.0 Å². The third-order valence-electron chi connectivity index (χ3n) is 1.32. The minimum atomic E-state index is 0.425. The summed E-state index contributed by atoms with van der Waals surface area (Å²) >= 11 is 0. The molecule has 0 unspecified atom stereocenters. The van der Waals surface area contributed by atoms with Gasteiger partial charge in [0, 0.05) is 18.8 Å². The Balaban J connectivity index is 2.69. The number of carbonyl (C=O) groups excluding carboxylic acids is 1. The number of aldehydes is 1. The maximum absolute atomic E-state index is 9.97. The molecule has 0 amide bonds. The lowest BCUT2D eigenvalue weighted by Gasteiger charge is -1.93. The molecule has 1 rings (SSSR count). The first kappa shape index (κ1) is 8.46. The first-order valence-corrected chi connectivity index (χ1v) is 3.63. The molecule has 62 valence electrons. The Morgan fingerprint density at radius 2 is 2.33 bits per heavy atom. The summed E-state index contributed by atoms with van der Waals surface area (Å²) in [5, 5.41) is 0. The van der Waals surface area contributed by atoms with Crippen molar-refractivity contribution < 1.29 is 4.79 Å². The Labute approximate surface area is 70.9 Å². The molecule has 1 heterocycles. The average molecular weight is 162 g/mol. The molecule has 12 heavy (non-hydrogen) atoms. The monoisotopic (exact) mass is 162 g/mol. The van der Waals surface area contributed by atoms with Crippen LogP contribution in [0.1, 0.15) is 12.0 Å². The van der Waals surface area contributed by atoms with E-state index in [0.29, 0.717) is 12.1 Å². The van der Waals surface area contributed by atoms with Crippen LogP contribution in [0.4, 0.5) is 5.69 Å². The number of aromatic nitrogens is 1. The van der Waals surface area contributed by atoms with Gasteiger partial charge in [-0.25, -0.2) is 0 Å². The topological polar surface area (TPSA) is 56.0 Å². The number of nitrogens with two attached hydrogens (primary N) is 1. The predicted octanol–water partition coefficient (Wildman–Crippen LogP) is 1.27. The second-order valence-corrected chi connectivity index (χ2v) is 2.36. The second-order valence-electron chi connectivity index (χ2n) is 2.36. The van der Waals surface area contributed by atoms with Crippen LogP contribution in [-0.2, 0) is 4.79 Å². The van der Waals surface area contributed by atoms with Gasteiger partial charge in [0.1, 0.15) is 6.29 Å². The van der Waals surface area contributed by atoms with E-state index < -0.39 is 0 Å². The molecule has 0 aliphatic rings. The highest BCUT2D eigenvalue weighted by molar-refractivity contribution is 5.59. The number of pyridine rings is 1. The molecule has 2 N–H and O–H groups in total. The van der Waals surface area contributed by atoms with Gasteiger partial charge in [-0.3, -0.25) is 4.98 Å². The minimum absolute atomic E-state index is 0.425. The van der Waals surface area contributed by atoms with Gasteiger partial charge in [-0.05, 0) is 11.6 Å². The normalized spacial score (nSPS) is 10.3. The van der Waals surface area contributed by atoms with Crippen LogP contribution in [0.25, 0.3) is 6.08 Å². The first-order valence-electron chi connectivity index (χ1n) is 3.63. The van der Waals surface area contributed by atoms with E-state index in [1.165, 1.54) is 0 Å². The zero-order valence-electron chi connectivity index (χ0n) is 6.60. The van der Waals surface area contributed by atoms with Crippen molar-refractivity contribution in [1.82, 2.24) is 4.98 Å². The first-order chi connectivity index (χ1) is 5.83. The Morgan fingerprint density at radius 1 is 1.50 bits per heavy atom. The van der Waals surface area contributed by atoms with Crippen molar-refractivity contribution in [1.29, 1.82) is 0 Å². The van der Waals surface area contributed by atoms with Crippen LogP contribution < -0.4 is 5.73 Å². The molecule has 3 heteroatoms. The fourth-order valence-electron chi connectivity index (χ4n) is 0.827. The fraction of sp³-hybridized carbons (Fsp3) is 0.111.